The molecule has 0 radical (unpaired) electrons. The minimum absolute atomic E-state index is 0.192. The van der Waals surface area contributed by atoms with Crippen LogP contribution in [0, 0.1) is 0 Å². The normalized spacial score (nSPS) is 10.5. The summed E-state index contributed by atoms with van der Waals surface area (Å²) in [5.41, 5.74) is 7.01. The number of rotatable bonds is 4. The molecule has 17 heavy (non-hydrogen) atoms. The summed E-state index contributed by atoms with van der Waals surface area (Å²) in [5.74, 6) is 1.01. The average Bonchev–Trinajstić information content (AvgIpc) is 2.78. The summed E-state index contributed by atoms with van der Waals surface area (Å²) in [6, 6.07) is 5.34. The van der Waals surface area contributed by atoms with Crippen molar-refractivity contribution in [2.24, 2.45) is 0 Å². The first-order chi connectivity index (χ1) is 8.26. The number of nitrogen functional groups attached to an aromatic ring is 1. The number of para-hydroxylation sites is 1. The van der Waals surface area contributed by atoms with Crippen molar-refractivity contribution < 1.29 is 9.13 Å². The Labute approximate surface area is 98.0 Å². The van der Waals surface area contributed by atoms with Crippen molar-refractivity contribution >= 4 is 5.69 Å². The zero-order chi connectivity index (χ0) is 12.3. The van der Waals surface area contributed by atoms with Crippen LogP contribution in [0.2, 0.25) is 0 Å². The van der Waals surface area contributed by atoms with Crippen molar-refractivity contribution in [1.82, 2.24) is 14.8 Å². The van der Waals surface area contributed by atoms with E-state index in [0.29, 0.717) is 22.8 Å². The number of ether oxygens (including phenoxy) is 1. The molecule has 2 rings (SSSR count). The molecule has 0 saturated heterocycles. The molecular formula is C11H13FN4O. The van der Waals surface area contributed by atoms with Crippen molar-refractivity contribution in [2.75, 3.05) is 19.5 Å². The fraction of sp³-hybridized carbons (Fsp3) is 0.273. The number of hydrogen-bond donors (Lipinski definition) is 1. The largest absolute Gasteiger partial charge is 0.494 e. The summed E-state index contributed by atoms with van der Waals surface area (Å²) in [4.78, 5) is 4.10. The summed E-state index contributed by atoms with van der Waals surface area (Å²) in [5, 5.41) is 4.15. The number of nitrogens with two attached hydrogens (primary N) is 1. The van der Waals surface area contributed by atoms with Gasteiger partial charge in [-0.25, -0.2) is 14.1 Å². The Morgan fingerprint density at radius 3 is 3.00 bits per heavy atom. The topological polar surface area (TPSA) is 66.0 Å². The second kappa shape index (κ2) is 4.82. The Balaban J connectivity index is 2.41. The Morgan fingerprint density at radius 2 is 2.29 bits per heavy atom. The number of hydrogen-bond acceptors (Lipinski definition) is 4. The molecule has 0 aliphatic carbocycles. The van der Waals surface area contributed by atoms with Crippen LogP contribution in [-0.2, 0) is 6.54 Å². The van der Waals surface area contributed by atoms with Gasteiger partial charge in [0.2, 0.25) is 0 Å². The van der Waals surface area contributed by atoms with E-state index >= 15 is 0 Å². The molecule has 1 aromatic carbocycles. The number of halogens is 1. The minimum atomic E-state index is -0.475. The molecular weight excluding hydrogens is 223 g/mol. The maximum absolute atomic E-state index is 12.2. The molecule has 0 amide bonds. The van der Waals surface area contributed by atoms with Gasteiger partial charge in [-0.3, -0.25) is 0 Å². The van der Waals surface area contributed by atoms with E-state index in [9.17, 15) is 4.39 Å². The van der Waals surface area contributed by atoms with Crippen LogP contribution in [0.5, 0.6) is 5.75 Å². The Kier molecular flexibility index (Phi) is 3.22. The van der Waals surface area contributed by atoms with Gasteiger partial charge in [0.1, 0.15) is 13.0 Å². The van der Waals surface area contributed by atoms with Crippen molar-refractivity contribution in [3.63, 3.8) is 0 Å². The standard InChI is InChI=1S/C11H13FN4O/c1-17-10-8(3-2-4-9(10)13)11-14-7-16(15-11)6-5-12/h2-4,7H,5-6,13H2,1H3. The molecule has 0 bridgehead atoms. The highest BCUT2D eigenvalue weighted by atomic mass is 19.1. The van der Waals surface area contributed by atoms with Crippen LogP contribution < -0.4 is 10.5 Å². The highest BCUT2D eigenvalue weighted by Gasteiger charge is 2.12. The zero-order valence-corrected chi connectivity index (χ0v) is 9.43. The molecule has 1 aromatic heterocycles. The molecule has 0 aliphatic rings. The quantitative estimate of drug-likeness (QED) is 0.817. The number of benzene rings is 1. The Hall–Kier alpha value is -2.11. The van der Waals surface area contributed by atoms with E-state index in [1.807, 2.05) is 6.07 Å². The van der Waals surface area contributed by atoms with Gasteiger partial charge in [0, 0.05) is 0 Å². The molecule has 0 fully saturated rings. The van der Waals surface area contributed by atoms with Crippen LogP contribution in [0.15, 0.2) is 24.5 Å². The lowest BCUT2D eigenvalue weighted by Crippen LogP contribution is -2.00. The van der Waals surface area contributed by atoms with E-state index in [1.165, 1.54) is 18.1 Å². The van der Waals surface area contributed by atoms with Crippen LogP contribution in [-0.4, -0.2) is 28.5 Å². The molecule has 0 atom stereocenters. The summed E-state index contributed by atoms with van der Waals surface area (Å²) in [6.45, 7) is -0.283. The maximum atomic E-state index is 12.2. The second-order valence-electron chi connectivity index (χ2n) is 3.45. The summed E-state index contributed by atoms with van der Waals surface area (Å²) in [6.07, 6.45) is 1.48. The van der Waals surface area contributed by atoms with E-state index < -0.39 is 6.67 Å². The van der Waals surface area contributed by atoms with Gasteiger partial charge in [-0.15, -0.1) is 0 Å². The number of aromatic nitrogens is 3. The van der Waals surface area contributed by atoms with Gasteiger partial charge in [-0.05, 0) is 12.1 Å². The first-order valence-corrected chi connectivity index (χ1v) is 5.14. The minimum Gasteiger partial charge on any atom is -0.494 e. The van der Waals surface area contributed by atoms with Gasteiger partial charge in [0.05, 0.1) is 24.9 Å². The molecule has 90 valence electrons. The van der Waals surface area contributed by atoms with Gasteiger partial charge in [0.25, 0.3) is 0 Å². The first kappa shape index (κ1) is 11.4. The molecule has 2 N–H and O–H groups in total. The molecule has 0 aliphatic heterocycles. The van der Waals surface area contributed by atoms with E-state index in [-0.39, 0.29) is 6.54 Å². The van der Waals surface area contributed by atoms with Gasteiger partial charge in [0.15, 0.2) is 11.6 Å². The van der Waals surface area contributed by atoms with Crippen LogP contribution in [0.4, 0.5) is 10.1 Å². The average molecular weight is 236 g/mol. The zero-order valence-electron chi connectivity index (χ0n) is 9.43. The summed E-state index contributed by atoms with van der Waals surface area (Å²) >= 11 is 0. The third-order valence-electron chi connectivity index (χ3n) is 2.34. The van der Waals surface area contributed by atoms with E-state index in [2.05, 4.69) is 10.1 Å². The maximum Gasteiger partial charge on any atom is 0.184 e. The number of methoxy groups -OCH3 is 1. The fourth-order valence-corrected chi connectivity index (χ4v) is 1.57. The number of nitrogens with zero attached hydrogens (tertiary/aromatic N) is 3. The molecule has 0 spiro atoms. The summed E-state index contributed by atoms with van der Waals surface area (Å²) in [7, 11) is 1.54. The van der Waals surface area contributed by atoms with Gasteiger partial charge >= 0.3 is 0 Å². The highest BCUT2D eigenvalue weighted by Crippen LogP contribution is 2.32. The number of aryl methyl sites for hydroxylation is 1. The fourth-order valence-electron chi connectivity index (χ4n) is 1.57. The molecule has 5 nitrogen and oxygen atoms in total. The lowest BCUT2D eigenvalue weighted by atomic mass is 10.1. The van der Waals surface area contributed by atoms with E-state index in [0.717, 1.165) is 0 Å². The molecule has 1 heterocycles. The van der Waals surface area contributed by atoms with E-state index in [1.54, 1.807) is 12.1 Å². The van der Waals surface area contributed by atoms with E-state index in [4.69, 9.17) is 10.5 Å². The monoisotopic (exact) mass is 236 g/mol. The molecule has 0 unspecified atom stereocenters. The van der Waals surface area contributed by atoms with Gasteiger partial charge in [-0.1, -0.05) is 6.07 Å². The number of anilines is 1. The lowest BCUT2D eigenvalue weighted by Gasteiger charge is -2.07. The van der Waals surface area contributed by atoms with Crippen LogP contribution in [0.1, 0.15) is 0 Å². The molecule has 2 aromatic rings. The van der Waals surface area contributed by atoms with Crippen LogP contribution in [0.25, 0.3) is 11.4 Å². The van der Waals surface area contributed by atoms with Crippen molar-refractivity contribution in [3.8, 4) is 17.1 Å². The second-order valence-corrected chi connectivity index (χ2v) is 3.45. The smallest absolute Gasteiger partial charge is 0.184 e. The molecule has 0 saturated carbocycles. The predicted octanol–water partition coefficient (Wildman–Crippen LogP) is 1.51. The third kappa shape index (κ3) is 2.20. The molecule has 6 heteroatoms. The van der Waals surface area contributed by atoms with Crippen molar-refractivity contribution in [1.29, 1.82) is 0 Å². The SMILES string of the molecule is COc1c(N)cccc1-c1ncn(CCF)n1. The predicted molar refractivity (Wildman–Crippen MR) is 62.4 cm³/mol. The summed E-state index contributed by atoms with van der Waals surface area (Å²) < 4.78 is 18.8. The first-order valence-electron chi connectivity index (χ1n) is 5.14. The van der Waals surface area contributed by atoms with Gasteiger partial charge in [-0.2, -0.15) is 5.10 Å². The highest BCUT2D eigenvalue weighted by molar-refractivity contribution is 5.72. The van der Waals surface area contributed by atoms with Crippen LogP contribution in [0.3, 0.4) is 0 Å². The van der Waals surface area contributed by atoms with Crippen LogP contribution >= 0.6 is 0 Å². The third-order valence-corrected chi connectivity index (χ3v) is 2.34. The Morgan fingerprint density at radius 1 is 1.47 bits per heavy atom. The Bertz CT molecular complexity index is 512. The van der Waals surface area contributed by atoms with Crippen molar-refractivity contribution in [2.45, 2.75) is 6.54 Å². The lowest BCUT2D eigenvalue weighted by molar-refractivity contribution is 0.417. The van der Waals surface area contributed by atoms with Crippen molar-refractivity contribution in [3.05, 3.63) is 24.5 Å². The number of alkyl halides is 1. The van der Waals surface area contributed by atoms with Gasteiger partial charge < -0.3 is 10.5 Å².